The van der Waals surface area contributed by atoms with Gasteiger partial charge in [-0.25, -0.2) is 0 Å². The number of furan rings is 1. The van der Waals surface area contributed by atoms with Gasteiger partial charge in [-0.15, -0.1) is 0 Å². The van der Waals surface area contributed by atoms with Crippen molar-refractivity contribution in [3.05, 3.63) is 190 Å². The molecule has 0 saturated heterocycles. The summed E-state index contributed by atoms with van der Waals surface area (Å²) >= 11 is 0. The van der Waals surface area contributed by atoms with Crippen LogP contribution in [-0.4, -0.2) is 5.78 Å². The summed E-state index contributed by atoms with van der Waals surface area (Å²) in [6, 6.07) is 51.5. The van der Waals surface area contributed by atoms with Crippen LogP contribution in [0.15, 0.2) is 150 Å². The van der Waals surface area contributed by atoms with Crippen molar-refractivity contribution < 1.29 is 9.21 Å². The SMILES string of the molecule is CC1(C)c2ccccc2-c2ccc(C(=O)c3cccc4c3C3(c5ccccc5-c5ccccc53)c3ccc5c(oc6ccccc65)c3-4)cc21. The minimum atomic E-state index is -0.677. The predicted octanol–water partition coefficient (Wildman–Crippen LogP) is 11.5. The fraction of sp³-hybridized carbons (Fsp3) is 0.0851. The number of carbonyl (C=O) groups excluding carboxylic acids is 1. The van der Waals surface area contributed by atoms with Crippen molar-refractivity contribution in [3.8, 4) is 33.4 Å². The molecular weight excluding hydrogens is 597 g/mol. The third kappa shape index (κ3) is 3.15. The fourth-order valence-corrected chi connectivity index (χ4v) is 9.65. The lowest BCUT2D eigenvalue weighted by molar-refractivity contribution is 0.103. The summed E-state index contributed by atoms with van der Waals surface area (Å²) < 4.78 is 6.73. The van der Waals surface area contributed by atoms with E-state index in [-0.39, 0.29) is 11.2 Å². The van der Waals surface area contributed by atoms with Gasteiger partial charge in [-0.1, -0.05) is 147 Å². The van der Waals surface area contributed by atoms with Crippen molar-refractivity contribution in [1.82, 2.24) is 0 Å². The van der Waals surface area contributed by atoms with Crippen LogP contribution in [0.4, 0.5) is 0 Å². The van der Waals surface area contributed by atoms with E-state index in [1.54, 1.807) is 0 Å². The molecule has 0 amide bonds. The summed E-state index contributed by atoms with van der Waals surface area (Å²) in [7, 11) is 0. The highest BCUT2D eigenvalue weighted by molar-refractivity contribution is 6.17. The number of fused-ring (bicyclic) bond motifs is 17. The summed E-state index contributed by atoms with van der Waals surface area (Å²) in [6.07, 6.45) is 0. The number of hydrogen-bond acceptors (Lipinski definition) is 2. The third-order valence-corrected chi connectivity index (χ3v) is 11.7. The van der Waals surface area contributed by atoms with Crippen molar-refractivity contribution in [3.63, 3.8) is 0 Å². The standard InChI is InChI=1S/C47H30O2/c1-46(2)36-18-7-3-12-28(36)31-23-22-27(26-40(31)46)44(48)35-17-11-16-34-42-39(25-24-33-32-15-6-10-21-41(32)49-45(33)42)47(43(34)35)37-19-8-4-13-29(37)30-14-5-9-20-38(30)47/h3-26H,1-2H3. The van der Waals surface area contributed by atoms with Gasteiger partial charge < -0.3 is 4.42 Å². The molecule has 1 aromatic heterocycles. The molecule has 0 bridgehead atoms. The van der Waals surface area contributed by atoms with Crippen molar-refractivity contribution in [2.24, 2.45) is 0 Å². The smallest absolute Gasteiger partial charge is 0.193 e. The van der Waals surface area contributed by atoms with Crippen LogP contribution in [0.3, 0.4) is 0 Å². The van der Waals surface area contributed by atoms with Crippen LogP contribution in [0.2, 0.25) is 0 Å². The van der Waals surface area contributed by atoms with Gasteiger partial charge in [-0.2, -0.15) is 0 Å². The molecule has 0 unspecified atom stereocenters. The maximum absolute atomic E-state index is 15.2. The first-order valence-electron chi connectivity index (χ1n) is 17.1. The molecule has 3 aliphatic carbocycles. The maximum Gasteiger partial charge on any atom is 0.193 e. The van der Waals surface area contributed by atoms with Crippen LogP contribution in [0.1, 0.15) is 63.1 Å². The number of benzene rings is 7. The van der Waals surface area contributed by atoms with Gasteiger partial charge >= 0.3 is 0 Å². The molecule has 230 valence electrons. The summed E-state index contributed by atoms with van der Waals surface area (Å²) in [5.41, 5.74) is 16.5. The number of ketones is 1. The van der Waals surface area contributed by atoms with Crippen molar-refractivity contribution in [1.29, 1.82) is 0 Å². The molecule has 0 atom stereocenters. The molecule has 0 radical (unpaired) electrons. The van der Waals surface area contributed by atoms with E-state index >= 15 is 4.79 Å². The molecule has 2 nitrogen and oxygen atoms in total. The zero-order valence-corrected chi connectivity index (χ0v) is 27.2. The van der Waals surface area contributed by atoms with Crippen LogP contribution in [0.25, 0.3) is 55.3 Å². The quantitative estimate of drug-likeness (QED) is 0.179. The molecule has 7 aromatic carbocycles. The van der Waals surface area contributed by atoms with Gasteiger partial charge in [-0.3, -0.25) is 4.79 Å². The zero-order valence-electron chi connectivity index (χ0n) is 27.2. The Balaban J connectivity index is 1.23. The number of carbonyl (C=O) groups is 1. The molecule has 3 aliphatic rings. The second kappa shape index (κ2) is 9.12. The average Bonchev–Trinajstić information content (AvgIpc) is 3.83. The molecule has 1 spiro atoms. The highest BCUT2D eigenvalue weighted by Gasteiger charge is 2.54. The normalized spacial score (nSPS) is 15.1. The maximum atomic E-state index is 15.2. The lowest BCUT2D eigenvalue weighted by Gasteiger charge is -2.32. The van der Waals surface area contributed by atoms with Crippen molar-refractivity contribution in [2.45, 2.75) is 24.7 Å². The topological polar surface area (TPSA) is 30.2 Å². The van der Waals surface area contributed by atoms with Gasteiger partial charge in [0.2, 0.25) is 0 Å². The van der Waals surface area contributed by atoms with Gasteiger partial charge in [0.05, 0.1) is 5.41 Å². The third-order valence-electron chi connectivity index (χ3n) is 11.7. The Morgan fingerprint density at radius 3 is 1.88 bits per heavy atom. The van der Waals surface area contributed by atoms with Gasteiger partial charge in [0.1, 0.15) is 11.2 Å². The lowest BCUT2D eigenvalue weighted by Crippen LogP contribution is -2.28. The number of para-hydroxylation sites is 1. The van der Waals surface area contributed by atoms with E-state index in [2.05, 4.69) is 135 Å². The van der Waals surface area contributed by atoms with Gasteiger partial charge in [0.15, 0.2) is 5.78 Å². The molecule has 11 rings (SSSR count). The number of hydrogen-bond donors (Lipinski definition) is 0. The fourth-order valence-electron chi connectivity index (χ4n) is 9.65. The van der Waals surface area contributed by atoms with E-state index in [0.717, 1.165) is 49.8 Å². The summed E-state index contributed by atoms with van der Waals surface area (Å²) in [4.78, 5) is 15.2. The van der Waals surface area contributed by atoms with Gasteiger partial charge in [-0.05, 0) is 73.3 Å². The summed E-state index contributed by atoms with van der Waals surface area (Å²) in [6.45, 7) is 4.53. The first-order valence-corrected chi connectivity index (χ1v) is 17.1. The Morgan fingerprint density at radius 1 is 0.510 bits per heavy atom. The second-order valence-electron chi connectivity index (χ2n) is 14.3. The van der Waals surface area contributed by atoms with Gasteiger partial charge in [0, 0.05) is 32.9 Å². The van der Waals surface area contributed by atoms with Crippen molar-refractivity contribution >= 4 is 27.7 Å². The van der Waals surface area contributed by atoms with Gasteiger partial charge in [0.25, 0.3) is 0 Å². The highest BCUT2D eigenvalue weighted by Crippen LogP contribution is 2.65. The molecule has 0 fully saturated rings. The molecule has 2 heteroatoms. The highest BCUT2D eigenvalue weighted by atomic mass is 16.3. The Morgan fingerprint density at radius 2 is 1.12 bits per heavy atom. The van der Waals surface area contributed by atoms with E-state index in [1.807, 2.05) is 24.3 Å². The summed E-state index contributed by atoms with van der Waals surface area (Å²) in [5.74, 6) is 0.0429. The minimum absolute atomic E-state index is 0.0429. The monoisotopic (exact) mass is 626 g/mol. The van der Waals surface area contributed by atoms with E-state index in [1.165, 1.54) is 44.5 Å². The Bertz CT molecular complexity index is 2730. The predicted molar refractivity (Wildman–Crippen MR) is 197 cm³/mol. The zero-order chi connectivity index (χ0) is 32.6. The molecule has 1 heterocycles. The first kappa shape index (κ1) is 27.0. The minimum Gasteiger partial charge on any atom is -0.455 e. The van der Waals surface area contributed by atoms with E-state index in [0.29, 0.717) is 5.56 Å². The molecule has 0 N–H and O–H groups in total. The van der Waals surface area contributed by atoms with E-state index in [9.17, 15) is 0 Å². The van der Waals surface area contributed by atoms with E-state index in [4.69, 9.17) is 4.42 Å². The van der Waals surface area contributed by atoms with Crippen LogP contribution in [-0.2, 0) is 10.8 Å². The molecule has 8 aromatic rings. The molecule has 49 heavy (non-hydrogen) atoms. The molecule has 0 saturated carbocycles. The van der Waals surface area contributed by atoms with Crippen LogP contribution in [0.5, 0.6) is 0 Å². The van der Waals surface area contributed by atoms with Crippen LogP contribution >= 0.6 is 0 Å². The Hall–Kier alpha value is -5.99. The molecule has 0 aliphatic heterocycles. The lowest BCUT2D eigenvalue weighted by atomic mass is 9.68. The Labute approximate surface area is 284 Å². The van der Waals surface area contributed by atoms with E-state index < -0.39 is 5.41 Å². The van der Waals surface area contributed by atoms with Crippen LogP contribution in [0, 0.1) is 0 Å². The molecular formula is C47H30O2. The van der Waals surface area contributed by atoms with Crippen LogP contribution < -0.4 is 0 Å². The summed E-state index contributed by atoms with van der Waals surface area (Å²) in [5, 5.41) is 2.19. The average molecular weight is 627 g/mol. The first-order chi connectivity index (χ1) is 24.0. The van der Waals surface area contributed by atoms with Crippen molar-refractivity contribution in [2.75, 3.05) is 0 Å². The Kier molecular flexibility index (Phi) is 5.03. The second-order valence-corrected chi connectivity index (χ2v) is 14.3. The largest absolute Gasteiger partial charge is 0.455 e. The number of rotatable bonds is 2.